The number of amides is 2. The molecule has 0 rings (SSSR count). The zero-order chi connectivity index (χ0) is 17.5. The van der Waals surface area contributed by atoms with Crippen LogP contribution in [0.15, 0.2) is 0 Å². The average molecular weight is 313 g/mol. The summed E-state index contributed by atoms with van der Waals surface area (Å²) in [5.74, 6) is -0.174. The van der Waals surface area contributed by atoms with Crippen LogP contribution in [-0.2, 0) is 14.4 Å². The molecule has 0 radical (unpaired) electrons. The molecule has 0 heterocycles. The molecule has 0 aliphatic carbocycles. The minimum atomic E-state index is -1.12. The molecule has 6 heteroatoms. The topological polar surface area (TPSA) is 101 Å². The van der Waals surface area contributed by atoms with Crippen molar-refractivity contribution >= 4 is 18.1 Å². The van der Waals surface area contributed by atoms with Crippen LogP contribution in [0.4, 0.5) is 0 Å². The molecule has 2 amide bonds. The van der Waals surface area contributed by atoms with E-state index in [1.807, 2.05) is 27.7 Å². The van der Waals surface area contributed by atoms with E-state index < -0.39 is 23.5 Å². The second kappa shape index (κ2) is 8.88. The quantitative estimate of drug-likeness (QED) is 0.552. The molecule has 0 fully saturated rings. The highest BCUT2D eigenvalue weighted by Crippen LogP contribution is 2.09. The minimum absolute atomic E-state index is 0.285. The lowest BCUT2D eigenvalue weighted by Crippen LogP contribution is -2.59. The van der Waals surface area contributed by atoms with Crippen molar-refractivity contribution in [3.63, 3.8) is 0 Å². The van der Waals surface area contributed by atoms with Gasteiger partial charge in [-0.3, -0.25) is 9.59 Å². The number of carbonyl (C=O) groups excluding carboxylic acids is 3. The van der Waals surface area contributed by atoms with Crippen LogP contribution in [0, 0.1) is 11.8 Å². The highest BCUT2D eigenvalue weighted by atomic mass is 16.2. The number of nitrogens with two attached hydrogens (primary N) is 1. The highest BCUT2D eigenvalue weighted by Gasteiger charge is 2.32. The monoisotopic (exact) mass is 313 g/mol. The van der Waals surface area contributed by atoms with E-state index in [-0.39, 0.29) is 11.8 Å². The van der Waals surface area contributed by atoms with Crippen LogP contribution in [0.5, 0.6) is 0 Å². The first kappa shape index (κ1) is 20.6. The van der Waals surface area contributed by atoms with Crippen LogP contribution in [0.25, 0.3) is 0 Å². The van der Waals surface area contributed by atoms with Gasteiger partial charge in [-0.05, 0) is 38.5 Å². The van der Waals surface area contributed by atoms with E-state index in [0.29, 0.717) is 18.8 Å². The smallest absolute Gasteiger partial charge is 0.245 e. The molecule has 0 aromatic heterocycles. The number of nitrogens with one attached hydrogen (secondary N) is 2. The lowest BCUT2D eigenvalue weighted by molar-refractivity contribution is -0.134. The van der Waals surface area contributed by atoms with Gasteiger partial charge in [0.1, 0.15) is 11.8 Å². The van der Waals surface area contributed by atoms with E-state index in [1.54, 1.807) is 13.8 Å². The summed E-state index contributed by atoms with van der Waals surface area (Å²) < 4.78 is 0. The van der Waals surface area contributed by atoms with Crippen LogP contribution in [-0.4, -0.2) is 35.7 Å². The fraction of sp³-hybridized carbons (Fsp3) is 0.812. The summed E-state index contributed by atoms with van der Waals surface area (Å²) in [6.45, 7) is 11.1. The van der Waals surface area contributed by atoms with Gasteiger partial charge in [0.05, 0.1) is 12.1 Å². The van der Waals surface area contributed by atoms with Gasteiger partial charge < -0.3 is 21.2 Å². The standard InChI is InChI=1S/C16H31N3O3/c1-10(2)7-12(9-20)18-15(22)16(5,6)19-14(21)13(17)8-11(3)4/h9-13H,7-8,17H2,1-6H3,(H,18,22)(H,19,21). The lowest BCUT2D eigenvalue weighted by atomic mass is 9.99. The maximum Gasteiger partial charge on any atom is 0.245 e. The van der Waals surface area contributed by atoms with Gasteiger partial charge in [-0.1, -0.05) is 27.7 Å². The molecular formula is C16H31N3O3. The predicted molar refractivity (Wildman–Crippen MR) is 87.1 cm³/mol. The second-order valence-electron chi connectivity index (χ2n) is 7.20. The van der Waals surface area contributed by atoms with Crippen LogP contribution in [0.3, 0.4) is 0 Å². The van der Waals surface area contributed by atoms with Gasteiger partial charge in [-0.15, -0.1) is 0 Å². The number of hydrogen-bond donors (Lipinski definition) is 3. The molecule has 0 spiro atoms. The molecule has 0 bridgehead atoms. The Kier molecular flexibility index (Phi) is 8.30. The van der Waals surface area contributed by atoms with E-state index in [4.69, 9.17) is 5.73 Å². The average Bonchev–Trinajstić information content (AvgIpc) is 2.35. The van der Waals surface area contributed by atoms with Crippen LogP contribution >= 0.6 is 0 Å². The third-order valence-electron chi connectivity index (χ3n) is 3.27. The van der Waals surface area contributed by atoms with E-state index in [2.05, 4.69) is 10.6 Å². The fourth-order valence-electron chi connectivity index (χ4n) is 2.08. The van der Waals surface area contributed by atoms with E-state index >= 15 is 0 Å². The van der Waals surface area contributed by atoms with Gasteiger partial charge >= 0.3 is 0 Å². The van der Waals surface area contributed by atoms with Gasteiger partial charge in [-0.25, -0.2) is 0 Å². The van der Waals surface area contributed by atoms with Crippen molar-refractivity contribution in [3.8, 4) is 0 Å². The molecule has 0 saturated heterocycles. The molecule has 2 atom stereocenters. The maximum atomic E-state index is 12.3. The zero-order valence-corrected chi connectivity index (χ0v) is 14.6. The molecule has 22 heavy (non-hydrogen) atoms. The fourth-order valence-corrected chi connectivity index (χ4v) is 2.08. The molecule has 6 nitrogen and oxygen atoms in total. The van der Waals surface area contributed by atoms with Crippen molar-refractivity contribution in [3.05, 3.63) is 0 Å². The Labute approximate surface area is 133 Å². The SMILES string of the molecule is CC(C)CC(C=O)NC(=O)C(C)(C)NC(=O)C(N)CC(C)C. The summed E-state index contributed by atoms with van der Waals surface area (Å²) >= 11 is 0. The molecule has 0 saturated carbocycles. The van der Waals surface area contributed by atoms with E-state index in [9.17, 15) is 14.4 Å². The van der Waals surface area contributed by atoms with Crippen LogP contribution < -0.4 is 16.4 Å². The van der Waals surface area contributed by atoms with Crippen molar-refractivity contribution in [2.75, 3.05) is 0 Å². The molecule has 0 aromatic carbocycles. The largest absolute Gasteiger partial charge is 0.345 e. The summed E-state index contributed by atoms with van der Waals surface area (Å²) in [5.41, 5.74) is 4.70. The number of rotatable bonds is 9. The zero-order valence-electron chi connectivity index (χ0n) is 14.6. The van der Waals surface area contributed by atoms with Crippen molar-refractivity contribution in [1.82, 2.24) is 10.6 Å². The van der Waals surface area contributed by atoms with Crippen molar-refractivity contribution < 1.29 is 14.4 Å². The van der Waals surface area contributed by atoms with Gasteiger partial charge in [-0.2, -0.15) is 0 Å². The Balaban J connectivity index is 4.67. The summed E-state index contributed by atoms with van der Waals surface area (Å²) in [6.07, 6.45) is 1.83. The van der Waals surface area contributed by atoms with Crippen LogP contribution in [0.2, 0.25) is 0 Å². The third-order valence-corrected chi connectivity index (χ3v) is 3.27. The molecule has 0 aliphatic rings. The maximum absolute atomic E-state index is 12.3. The Morgan fingerprint density at radius 1 is 1.09 bits per heavy atom. The summed E-state index contributed by atoms with van der Waals surface area (Å²) in [7, 11) is 0. The molecule has 0 aliphatic heterocycles. The Morgan fingerprint density at radius 2 is 1.59 bits per heavy atom. The van der Waals surface area contributed by atoms with Crippen LogP contribution in [0.1, 0.15) is 54.4 Å². The van der Waals surface area contributed by atoms with E-state index in [1.165, 1.54) is 0 Å². The first-order valence-corrected chi connectivity index (χ1v) is 7.83. The van der Waals surface area contributed by atoms with Gasteiger partial charge in [0.2, 0.25) is 11.8 Å². The molecule has 128 valence electrons. The van der Waals surface area contributed by atoms with Gasteiger partial charge in [0.15, 0.2) is 0 Å². The Bertz CT molecular complexity index is 392. The predicted octanol–water partition coefficient (Wildman–Crippen LogP) is 0.984. The first-order valence-electron chi connectivity index (χ1n) is 7.83. The molecule has 0 aromatic rings. The Hall–Kier alpha value is -1.43. The summed E-state index contributed by atoms with van der Waals surface area (Å²) in [6, 6.07) is -1.20. The number of aldehydes is 1. The minimum Gasteiger partial charge on any atom is -0.345 e. The van der Waals surface area contributed by atoms with Crippen molar-refractivity contribution in [1.29, 1.82) is 0 Å². The Morgan fingerprint density at radius 3 is 2.00 bits per heavy atom. The molecule has 4 N–H and O–H groups in total. The molecular weight excluding hydrogens is 282 g/mol. The second-order valence-corrected chi connectivity index (χ2v) is 7.20. The third kappa shape index (κ3) is 7.54. The lowest BCUT2D eigenvalue weighted by Gasteiger charge is -2.28. The number of hydrogen-bond acceptors (Lipinski definition) is 4. The molecule has 2 unspecified atom stereocenters. The number of carbonyl (C=O) groups is 3. The van der Waals surface area contributed by atoms with Gasteiger partial charge in [0, 0.05) is 0 Å². The van der Waals surface area contributed by atoms with Crippen molar-refractivity contribution in [2.45, 2.75) is 72.0 Å². The summed E-state index contributed by atoms with van der Waals surface area (Å²) in [4.78, 5) is 35.3. The summed E-state index contributed by atoms with van der Waals surface area (Å²) in [5, 5.41) is 5.31. The first-order chi connectivity index (χ1) is 9.99. The normalized spacial score (nSPS) is 14.6. The van der Waals surface area contributed by atoms with Gasteiger partial charge in [0.25, 0.3) is 0 Å². The van der Waals surface area contributed by atoms with Crippen molar-refractivity contribution in [2.24, 2.45) is 17.6 Å². The highest BCUT2D eigenvalue weighted by molar-refractivity contribution is 5.93. The van der Waals surface area contributed by atoms with E-state index in [0.717, 1.165) is 6.29 Å².